The molecule has 0 fully saturated rings. The van der Waals surface area contributed by atoms with Gasteiger partial charge < -0.3 is 20.4 Å². The van der Waals surface area contributed by atoms with Crippen molar-refractivity contribution in [3.05, 3.63) is 23.7 Å². The lowest BCUT2D eigenvalue weighted by Gasteiger charge is -2.01. The first-order chi connectivity index (χ1) is 5.65. The first kappa shape index (κ1) is 8.76. The van der Waals surface area contributed by atoms with Crippen LogP contribution in [0.15, 0.2) is 16.5 Å². The highest BCUT2D eigenvalue weighted by Gasteiger charge is 2.13. The Morgan fingerprint density at radius 1 is 1.67 bits per heavy atom. The van der Waals surface area contributed by atoms with Gasteiger partial charge in [0.05, 0.1) is 12.6 Å². The first-order valence-corrected chi connectivity index (χ1v) is 3.34. The predicted octanol–water partition coefficient (Wildman–Crippen LogP) is -0.0301. The lowest BCUT2D eigenvalue weighted by atomic mass is 10.2. The number of hydrogen-bond donors (Lipinski definition) is 3. The molecule has 0 bridgehead atoms. The zero-order chi connectivity index (χ0) is 9.14. The van der Waals surface area contributed by atoms with Gasteiger partial charge in [-0.1, -0.05) is 0 Å². The second kappa shape index (κ2) is 3.38. The Morgan fingerprint density at radius 3 is 2.75 bits per heavy atom. The van der Waals surface area contributed by atoms with E-state index in [1.54, 1.807) is 0 Å². The number of carbonyl (C=O) groups is 1. The van der Waals surface area contributed by atoms with Crippen LogP contribution >= 0.6 is 0 Å². The number of aliphatic hydroxyl groups excluding tert-OH is 1. The molecule has 0 aliphatic heterocycles. The molecule has 1 rings (SSSR count). The largest absolute Gasteiger partial charge is 0.475 e. The van der Waals surface area contributed by atoms with E-state index in [1.165, 1.54) is 12.1 Å². The third kappa shape index (κ3) is 1.63. The molecule has 0 aromatic carbocycles. The average molecular weight is 171 g/mol. The standard InChI is InChI=1S/C7H9NO4/c8-4(3-9)5-1-2-6(12-5)7(10)11/h1-2,4,9H,3,8H2,(H,10,11)/t4-/m0/s1. The Bertz CT molecular complexity index is 281. The third-order valence-corrected chi connectivity index (χ3v) is 1.40. The normalized spacial score (nSPS) is 12.8. The van der Waals surface area contributed by atoms with E-state index in [9.17, 15) is 4.79 Å². The van der Waals surface area contributed by atoms with Gasteiger partial charge in [0, 0.05) is 0 Å². The van der Waals surface area contributed by atoms with E-state index in [1.807, 2.05) is 0 Å². The average Bonchev–Trinajstić information content (AvgIpc) is 2.51. The van der Waals surface area contributed by atoms with E-state index in [4.69, 9.17) is 20.4 Å². The van der Waals surface area contributed by atoms with Crippen LogP contribution in [0.2, 0.25) is 0 Å². The van der Waals surface area contributed by atoms with Crippen LogP contribution in [0.3, 0.4) is 0 Å². The number of hydrogen-bond acceptors (Lipinski definition) is 4. The lowest BCUT2D eigenvalue weighted by molar-refractivity contribution is 0.0658. The summed E-state index contributed by atoms with van der Waals surface area (Å²) in [5.41, 5.74) is 5.37. The summed E-state index contributed by atoms with van der Waals surface area (Å²) < 4.78 is 4.81. The molecule has 0 aliphatic carbocycles. The molecule has 1 atom stereocenters. The second-order valence-electron chi connectivity index (χ2n) is 2.30. The minimum absolute atomic E-state index is 0.172. The van der Waals surface area contributed by atoms with Crippen molar-refractivity contribution in [1.29, 1.82) is 0 Å². The Labute approximate surface area is 68.4 Å². The maximum absolute atomic E-state index is 10.3. The molecule has 5 nitrogen and oxygen atoms in total. The number of rotatable bonds is 3. The summed E-state index contributed by atoms with van der Waals surface area (Å²) in [5, 5.41) is 17.1. The Kier molecular flexibility index (Phi) is 2.47. The second-order valence-corrected chi connectivity index (χ2v) is 2.30. The number of carboxylic acid groups (broad SMARTS) is 1. The van der Waals surface area contributed by atoms with E-state index < -0.39 is 12.0 Å². The highest BCUT2D eigenvalue weighted by molar-refractivity contribution is 5.84. The fraction of sp³-hybridized carbons (Fsp3) is 0.286. The van der Waals surface area contributed by atoms with Crippen molar-refractivity contribution in [2.75, 3.05) is 6.61 Å². The molecule has 1 aromatic heterocycles. The smallest absolute Gasteiger partial charge is 0.371 e. The van der Waals surface area contributed by atoms with Gasteiger partial charge in [-0.2, -0.15) is 0 Å². The lowest BCUT2D eigenvalue weighted by Crippen LogP contribution is -2.13. The summed E-state index contributed by atoms with van der Waals surface area (Å²) in [5.74, 6) is -1.05. The molecule has 1 aromatic rings. The molecule has 0 spiro atoms. The van der Waals surface area contributed by atoms with Gasteiger partial charge in [0.15, 0.2) is 0 Å². The highest BCUT2D eigenvalue weighted by Crippen LogP contribution is 2.13. The SMILES string of the molecule is N[C@@H](CO)c1ccc(C(=O)O)o1. The summed E-state index contributed by atoms with van der Waals surface area (Å²) >= 11 is 0. The zero-order valence-corrected chi connectivity index (χ0v) is 6.23. The molecular weight excluding hydrogens is 162 g/mol. The molecule has 66 valence electrons. The van der Waals surface area contributed by atoms with Gasteiger partial charge in [0.25, 0.3) is 0 Å². The summed E-state index contributed by atoms with van der Waals surface area (Å²) in [4.78, 5) is 10.3. The highest BCUT2D eigenvalue weighted by atomic mass is 16.4. The van der Waals surface area contributed by atoms with E-state index in [2.05, 4.69) is 0 Å². The van der Waals surface area contributed by atoms with E-state index in [0.717, 1.165) is 0 Å². The molecule has 1 heterocycles. The Hall–Kier alpha value is -1.33. The number of aliphatic hydroxyl groups is 1. The van der Waals surface area contributed by atoms with Crippen molar-refractivity contribution in [3.8, 4) is 0 Å². The molecule has 0 radical (unpaired) electrons. The van der Waals surface area contributed by atoms with Crippen molar-refractivity contribution < 1.29 is 19.4 Å². The fourth-order valence-electron chi connectivity index (χ4n) is 0.757. The van der Waals surface area contributed by atoms with Crippen LogP contribution < -0.4 is 5.73 Å². The van der Waals surface area contributed by atoms with Crippen LogP contribution in [0.1, 0.15) is 22.4 Å². The van der Waals surface area contributed by atoms with Crippen LogP contribution in [0.25, 0.3) is 0 Å². The number of aromatic carboxylic acids is 1. The summed E-state index contributed by atoms with van der Waals surface area (Å²) in [7, 11) is 0. The van der Waals surface area contributed by atoms with Crippen LogP contribution in [-0.4, -0.2) is 22.8 Å². The van der Waals surface area contributed by atoms with Gasteiger partial charge in [0.1, 0.15) is 5.76 Å². The molecule has 0 aliphatic rings. The monoisotopic (exact) mass is 171 g/mol. The van der Waals surface area contributed by atoms with E-state index >= 15 is 0 Å². The summed E-state index contributed by atoms with van der Waals surface area (Å²) in [6.07, 6.45) is 0. The molecule has 12 heavy (non-hydrogen) atoms. The zero-order valence-electron chi connectivity index (χ0n) is 6.23. The van der Waals surface area contributed by atoms with Gasteiger partial charge in [-0.3, -0.25) is 0 Å². The molecule has 5 heteroatoms. The fourth-order valence-corrected chi connectivity index (χ4v) is 0.757. The molecule has 4 N–H and O–H groups in total. The van der Waals surface area contributed by atoms with Gasteiger partial charge in [0.2, 0.25) is 5.76 Å². The topological polar surface area (TPSA) is 96.7 Å². The maximum Gasteiger partial charge on any atom is 0.371 e. The third-order valence-electron chi connectivity index (χ3n) is 1.40. The van der Waals surface area contributed by atoms with Crippen molar-refractivity contribution in [2.45, 2.75) is 6.04 Å². The molecule has 0 saturated carbocycles. The van der Waals surface area contributed by atoms with E-state index in [0.29, 0.717) is 0 Å². The van der Waals surface area contributed by atoms with Gasteiger partial charge >= 0.3 is 5.97 Å². The molecule has 0 saturated heterocycles. The Balaban J connectivity index is 2.84. The van der Waals surface area contributed by atoms with Crippen molar-refractivity contribution in [2.24, 2.45) is 5.73 Å². The first-order valence-electron chi connectivity index (χ1n) is 3.34. The van der Waals surface area contributed by atoms with Crippen molar-refractivity contribution in [1.82, 2.24) is 0 Å². The number of furan rings is 1. The van der Waals surface area contributed by atoms with Crippen LogP contribution in [0.5, 0.6) is 0 Å². The van der Waals surface area contributed by atoms with Crippen LogP contribution in [0, 0.1) is 0 Å². The van der Waals surface area contributed by atoms with Crippen LogP contribution in [-0.2, 0) is 0 Å². The van der Waals surface area contributed by atoms with Gasteiger partial charge in [-0.05, 0) is 12.1 Å². The molecular formula is C7H9NO4. The van der Waals surface area contributed by atoms with Gasteiger partial charge in [-0.15, -0.1) is 0 Å². The van der Waals surface area contributed by atoms with Crippen molar-refractivity contribution in [3.63, 3.8) is 0 Å². The Morgan fingerprint density at radius 2 is 2.33 bits per heavy atom. The van der Waals surface area contributed by atoms with E-state index in [-0.39, 0.29) is 18.1 Å². The van der Waals surface area contributed by atoms with Gasteiger partial charge in [-0.25, -0.2) is 4.79 Å². The summed E-state index contributed by atoms with van der Waals surface area (Å²) in [6.45, 7) is -0.271. The number of carboxylic acids is 1. The van der Waals surface area contributed by atoms with Crippen LogP contribution in [0.4, 0.5) is 0 Å². The minimum atomic E-state index is -1.15. The quantitative estimate of drug-likeness (QED) is 0.593. The predicted molar refractivity (Wildman–Crippen MR) is 39.7 cm³/mol. The maximum atomic E-state index is 10.3. The minimum Gasteiger partial charge on any atom is -0.475 e. The molecule has 0 unspecified atom stereocenters. The summed E-state index contributed by atoms with van der Waals surface area (Å²) in [6, 6.07) is 2.08. The number of nitrogens with two attached hydrogens (primary N) is 1. The van der Waals surface area contributed by atoms with Crippen molar-refractivity contribution >= 4 is 5.97 Å². The molecule has 0 amide bonds.